The van der Waals surface area contributed by atoms with Gasteiger partial charge in [0.25, 0.3) is 0 Å². The molecule has 0 unspecified atom stereocenters. The van der Waals surface area contributed by atoms with Crippen LogP contribution in [0.15, 0.2) is 12.2 Å². The summed E-state index contributed by atoms with van der Waals surface area (Å²) in [6, 6.07) is 0. The summed E-state index contributed by atoms with van der Waals surface area (Å²) in [4.78, 5) is 23.8. The zero-order valence-electron chi connectivity index (χ0n) is 28.3. The van der Waals surface area contributed by atoms with E-state index < -0.39 is 0 Å². The van der Waals surface area contributed by atoms with Crippen LogP contribution in [0.1, 0.15) is 207 Å². The quantitative estimate of drug-likeness (QED) is 0.0357. The van der Waals surface area contributed by atoms with Crippen molar-refractivity contribution < 1.29 is 14.3 Å². The molecule has 0 aromatic rings. The van der Waals surface area contributed by atoms with Crippen LogP contribution in [0, 0.1) is 11.8 Å². The Bertz CT molecular complexity index is 592. The maximum absolute atomic E-state index is 11.9. The molecule has 0 aliphatic heterocycles. The van der Waals surface area contributed by atoms with Crippen LogP contribution < -0.4 is 0 Å². The molecule has 0 bridgehead atoms. The minimum absolute atomic E-state index is 0.332. The zero-order chi connectivity index (χ0) is 30.2. The van der Waals surface area contributed by atoms with Crippen molar-refractivity contribution in [3.05, 3.63) is 12.2 Å². The second-order valence-electron chi connectivity index (χ2n) is 13.5. The number of carbonyl (C=O) groups is 2. The minimum atomic E-state index is -0.336. The Kier molecular flexibility index (Phi) is 30.9. The molecule has 0 heterocycles. The lowest BCUT2D eigenvalue weighted by Gasteiger charge is -2.05. The van der Waals surface area contributed by atoms with Gasteiger partial charge >= 0.3 is 11.9 Å². The number of carbonyl (C=O) groups excluding carboxylic acids is 2. The fraction of sp³-hybridized carbons (Fsp3) is 0.895. The number of ether oxygens (including phenoxy) is 1. The number of hydrogen-bond acceptors (Lipinski definition) is 3. The van der Waals surface area contributed by atoms with Gasteiger partial charge in [-0.2, -0.15) is 0 Å². The van der Waals surface area contributed by atoms with Gasteiger partial charge in [-0.15, -0.1) is 0 Å². The minimum Gasteiger partial charge on any atom is -0.393 e. The van der Waals surface area contributed by atoms with Gasteiger partial charge in [-0.3, -0.25) is 9.59 Å². The number of unbranched alkanes of at least 4 members (excludes halogenated alkanes) is 21. The van der Waals surface area contributed by atoms with E-state index in [9.17, 15) is 9.59 Å². The first-order chi connectivity index (χ1) is 19.9. The molecule has 3 heteroatoms. The predicted octanol–water partition coefficient (Wildman–Crippen LogP) is 12.8. The highest BCUT2D eigenvalue weighted by Gasteiger charge is 2.09. The lowest BCUT2D eigenvalue weighted by Crippen LogP contribution is -2.11. The Morgan fingerprint density at radius 2 is 0.683 bits per heavy atom. The van der Waals surface area contributed by atoms with Crippen LogP contribution >= 0.6 is 0 Å². The van der Waals surface area contributed by atoms with Gasteiger partial charge < -0.3 is 4.74 Å². The SMILES string of the molecule is CC(C)CCCCCC=CCCCCCCCC(=O)OC(=O)CCCCCCCCCCCCCCCCC(C)C. The van der Waals surface area contributed by atoms with Crippen molar-refractivity contribution in [2.24, 2.45) is 11.8 Å². The highest BCUT2D eigenvalue weighted by Crippen LogP contribution is 2.15. The Balaban J connectivity index is 3.33. The lowest BCUT2D eigenvalue weighted by molar-refractivity contribution is -0.159. The van der Waals surface area contributed by atoms with Crippen molar-refractivity contribution in [1.82, 2.24) is 0 Å². The predicted molar refractivity (Wildman–Crippen MR) is 179 cm³/mol. The summed E-state index contributed by atoms with van der Waals surface area (Å²) in [6.07, 6.45) is 38.4. The third kappa shape index (κ3) is 35.0. The van der Waals surface area contributed by atoms with Crippen molar-refractivity contribution in [1.29, 1.82) is 0 Å². The van der Waals surface area contributed by atoms with E-state index in [4.69, 9.17) is 4.74 Å². The largest absolute Gasteiger partial charge is 0.393 e. The zero-order valence-corrected chi connectivity index (χ0v) is 28.3. The lowest BCUT2D eigenvalue weighted by atomic mass is 10.0. The first kappa shape index (κ1) is 39.9. The molecule has 0 rings (SSSR count). The molecule has 242 valence electrons. The van der Waals surface area contributed by atoms with E-state index in [1.54, 1.807) is 0 Å². The van der Waals surface area contributed by atoms with Crippen molar-refractivity contribution in [2.75, 3.05) is 0 Å². The van der Waals surface area contributed by atoms with Crippen molar-refractivity contribution in [2.45, 2.75) is 207 Å². The van der Waals surface area contributed by atoms with Crippen LogP contribution in [0.2, 0.25) is 0 Å². The van der Waals surface area contributed by atoms with E-state index in [0.29, 0.717) is 12.8 Å². The molecule has 0 aromatic carbocycles. The highest BCUT2D eigenvalue weighted by atomic mass is 16.6. The Morgan fingerprint density at radius 1 is 0.415 bits per heavy atom. The van der Waals surface area contributed by atoms with Gasteiger partial charge in [-0.05, 0) is 50.4 Å². The average molecular weight is 577 g/mol. The van der Waals surface area contributed by atoms with E-state index in [1.165, 1.54) is 135 Å². The second kappa shape index (κ2) is 31.8. The number of hydrogen-bond donors (Lipinski definition) is 0. The average Bonchev–Trinajstić information content (AvgIpc) is 2.92. The second-order valence-corrected chi connectivity index (χ2v) is 13.5. The van der Waals surface area contributed by atoms with Crippen molar-refractivity contribution in [3.63, 3.8) is 0 Å². The smallest absolute Gasteiger partial charge is 0.313 e. The van der Waals surface area contributed by atoms with E-state index in [1.807, 2.05) is 0 Å². The molecule has 0 saturated carbocycles. The molecule has 0 saturated heterocycles. The monoisotopic (exact) mass is 577 g/mol. The van der Waals surface area contributed by atoms with E-state index in [-0.39, 0.29) is 11.9 Å². The number of rotatable bonds is 31. The number of esters is 2. The van der Waals surface area contributed by atoms with E-state index >= 15 is 0 Å². The highest BCUT2D eigenvalue weighted by molar-refractivity contribution is 5.85. The molecule has 0 aliphatic carbocycles. The molecular formula is C38H72O3. The fourth-order valence-electron chi connectivity index (χ4n) is 5.46. The molecule has 0 amide bonds. The summed E-state index contributed by atoms with van der Waals surface area (Å²) in [6.45, 7) is 9.24. The van der Waals surface area contributed by atoms with Gasteiger partial charge in [0.1, 0.15) is 0 Å². The maximum Gasteiger partial charge on any atom is 0.313 e. The summed E-state index contributed by atoms with van der Waals surface area (Å²) in [5, 5.41) is 0. The molecule has 0 fully saturated rings. The first-order valence-corrected chi connectivity index (χ1v) is 18.3. The summed E-state index contributed by atoms with van der Waals surface area (Å²) >= 11 is 0. The molecular weight excluding hydrogens is 504 g/mol. The maximum atomic E-state index is 11.9. The van der Waals surface area contributed by atoms with Gasteiger partial charge in [0, 0.05) is 12.8 Å². The van der Waals surface area contributed by atoms with E-state index in [2.05, 4.69) is 39.8 Å². The van der Waals surface area contributed by atoms with Gasteiger partial charge in [0.05, 0.1) is 0 Å². The fourth-order valence-corrected chi connectivity index (χ4v) is 5.46. The Labute approximate surface area is 257 Å². The summed E-state index contributed by atoms with van der Waals surface area (Å²) in [5.41, 5.74) is 0. The third-order valence-electron chi connectivity index (χ3n) is 8.21. The van der Waals surface area contributed by atoms with Gasteiger partial charge in [0.2, 0.25) is 0 Å². The molecule has 0 aromatic heterocycles. The molecule has 3 nitrogen and oxygen atoms in total. The molecule has 41 heavy (non-hydrogen) atoms. The molecule has 0 aliphatic rings. The van der Waals surface area contributed by atoms with Crippen LogP contribution in [0.4, 0.5) is 0 Å². The molecule has 0 spiro atoms. The topological polar surface area (TPSA) is 43.4 Å². The van der Waals surface area contributed by atoms with Gasteiger partial charge in [0.15, 0.2) is 0 Å². The Hall–Kier alpha value is -1.12. The first-order valence-electron chi connectivity index (χ1n) is 18.3. The van der Waals surface area contributed by atoms with Crippen LogP contribution in [0.5, 0.6) is 0 Å². The third-order valence-corrected chi connectivity index (χ3v) is 8.21. The summed E-state index contributed by atoms with van der Waals surface area (Å²) < 4.78 is 5.01. The van der Waals surface area contributed by atoms with Crippen LogP contribution in [0.25, 0.3) is 0 Å². The van der Waals surface area contributed by atoms with Crippen LogP contribution in [-0.2, 0) is 14.3 Å². The van der Waals surface area contributed by atoms with Crippen molar-refractivity contribution >= 4 is 11.9 Å². The van der Waals surface area contributed by atoms with Crippen LogP contribution in [0.3, 0.4) is 0 Å². The molecule has 0 atom stereocenters. The molecule has 0 radical (unpaired) electrons. The van der Waals surface area contributed by atoms with Crippen molar-refractivity contribution in [3.8, 4) is 0 Å². The van der Waals surface area contributed by atoms with E-state index in [0.717, 1.165) is 43.9 Å². The van der Waals surface area contributed by atoms with Gasteiger partial charge in [-0.1, -0.05) is 168 Å². The standard InChI is InChI=1S/C38H72O3/c1-35(2)31-27-23-19-15-11-7-5-6-8-13-17-21-25-29-33-37(39)41-38(40)34-30-26-22-18-14-10-9-12-16-20-24-28-32-36(3)4/h9,12,35-36H,5-8,10-11,13-34H2,1-4H3. The van der Waals surface area contributed by atoms with Crippen LogP contribution in [-0.4, -0.2) is 11.9 Å². The normalized spacial score (nSPS) is 11.8. The molecule has 0 N–H and O–H groups in total. The Morgan fingerprint density at radius 3 is 1.02 bits per heavy atom. The summed E-state index contributed by atoms with van der Waals surface area (Å²) in [5.74, 6) is 1.03. The number of allylic oxidation sites excluding steroid dienone is 2. The van der Waals surface area contributed by atoms with Gasteiger partial charge in [-0.25, -0.2) is 0 Å². The summed E-state index contributed by atoms with van der Waals surface area (Å²) in [7, 11) is 0.